The number of hydrogen-bond acceptors (Lipinski definition) is 4. The summed E-state index contributed by atoms with van der Waals surface area (Å²) in [5, 5.41) is 17.7. The highest BCUT2D eigenvalue weighted by molar-refractivity contribution is 5.99. The van der Waals surface area contributed by atoms with Gasteiger partial charge in [0, 0.05) is 0 Å². The van der Waals surface area contributed by atoms with Gasteiger partial charge >= 0.3 is 11.9 Å². The van der Waals surface area contributed by atoms with Crippen molar-refractivity contribution in [1.82, 2.24) is 0 Å². The first kappa shape index (κ1) is 10.0. The lowest BCUT2D eigenvalue weighted by Gasteiger charge is -1.96. The Labute approximate surface area is 88.7 Å². The van der Waals surface area contributed by atoms with Crippen molar-refractivity contribution in [2.75, 3.05) is 0 Å². The smallest absolute Gasteiger partial charge is 0.339 e. The molecule has 2 heterocycles. The summed E-state index contributed by atoms with van der Waals surface area (Å²) in [6, 6.07) is 2.46. The molecule has 6 heteroatoms. The quantitative estimate of drug-likeness (QED) is 0.822. The van der Waals surface area contributed by atoms with Gasteiger partial charge in [0.2, 0.25) is 0 Å². The fourth-order valence-electron chi connectivity index (χ4n) is 1.31. The lowest BCUT2D eigenvalue weighted by atomic mass is 10.1. The van der Waals surface area contributed by atoms with Crippen LogP contribution in [0.4, 0.5) is 0 Å². The van der Waals surface area contributed by atoms with Crippen molar-refractivity contribution in [3.05, 3.63) is 35.8 Å². The third-order valence-electron chi connectivity index (χ3n) is 2.00. The van der Waals surface area contributed by atoms with Gasteiger partial charge in [0.25, 0.3) is 0 Å². The van der Waals surface area contributed by atoms with Crippen molar-refractivity contribution in [2.24, 2.45) is 0 Å². The lowest BCUT2D eigenvalue weighted by molar-refractivity contribution is 0.0682. The van der Waals surface area contributed by atoms with Gasteiger partial charge in [-0.3, -0.25) is 0 Å². The van der Waals surface area contributed by atoms with Crippen LogP contribution < -0.4 is 0 Å². The fraction of sp³-hybridized carbons (Fsp3) is 0. The molecule has 0 saturated carbocycles. The van der Waals surface area contributed by atoms with E-state index in [4.69, 9.17) is 19.0 Å². The van der Waals surface area contributed by atoms with Crippen LogP contribution >= 0.6 is 0 Å². The van der Waals surface area contributed by atoms with Gasteiger partial charge < -0.3 is 19.0 Å². The van der Waals surface area contributed by atoms with Gasteiger partial charge in [-0.05, 0) is 12.1 Å². The van der Waals surface area contributed by atoms with Crippen molar-refractivity contribution in [2.45, 2.75) is 0 Å². The van der Waals surface area contributed by atoms with Gasteiger partial charge in [-0.2, -0.15) is 0 Å². The Bertz CT molecular complexity index is 497. The van der Waals surface area contributed by atoms with Crippen LogP contribution in [0.3, 0.4) is 0 Å². The first-order valence-corrected chi connectivity index (χ1v) is 4.23. The standard InChI is InChI=1S/C10H6O6/c11-9(12)5-1-3-15-7(5)8-6(10(13)14)2-4-16-8/h1-4H,(H,11,12)(H,13,14). The van der Waals surface area contributed by atoms with E-state index in [1.165, 1.54) is 12.1 Å². The third-order valence-corrected chi connectivity index (χ3v) is 2.00. The Kier molecular flexibility index (Phi) is 2.24. The van der Waals surface area contributed by atoms with E-state index in [0.29, 0.717) is 0 Å². The molecule has 0 aliphatic carbocycles. The highest BCUT2D eigenvalue weighted by Gasteiger charge is 2.23. The number of aromatic carboxylic acids is 2. The maximum atomic E-state index is 10.8. The molecule has 0 aliphatic rings. The molecule has 16 heavy (non-hydrogen) atoms. The molecular formula is C10H6O6. The molecule has 0 aliphatic heterocycles. The van der Waals surface area contributed by atoms with E-state index >= 15 is 0 Å². The molecule has 2 rings (SSSR count). The molecule has 0 atom stereocenters. The lowest BCUT2D eigenvalue weighted by Crippen LogP contribution is -1.99. The third kappa shape index (κ3) is 1.46. The molecule has 0 aromatic carbocycles. The van der Waals surface area contributed by atoms with Crippen LogP contribution in [-0.2, 0) is 0 Å². The molecule has 2 N–H and O–H groups in total. The van der Waals surface area contributed by atoms with Gasteiger partial charge in [0.1, 0.15) is 11.1 Å². The maximum absolute atomic E-state index is 10.8. The number of carboxylic acid groups (broad SMARTS) is 2. The number of carbonyl (C=O) groups is 2. The van der Waals surface area contributed by atoms with Crippen LogP contribution in [0.2, 0.25) is 0 Å². The largest absolute Gasteiger partial charge is 0.478 e. The van der Waals surface area contributed by atoms with Crippen LogP contribution in [0.25, 0.3) is 11.5 Å². The van der Waals surface area contributed by atoms with Gasteiger partial charge in [0.15, 0.2) is 11.5 Å². The van der Waals surface area contributed by atoms with Crippen LogP contribution in [-0.4, -0.2) is 22.2 Å². The van der Waals surface area contributed by atoms with Gasteiger partial charge in [0.05, 0.1) is 12.5 Å². The molecule has 0 radical (unpaired) electrons. The zero-order valence-corrected chi connectivity index (χ0v) is 7.84. The first-order valence-electron chi connectivity index (χ1n) is 4.23. The van der Waals surface area contributed by atoms with Crippen LogP contribution in [0.1, 0.15) is 20.7 Å². The molecule has 82 valence electrons. The summed E-state index contributed by atoms with van der Waals surface area (Å²) in [5.41, 5.74) is -0.282. The molecule has 0 saturated heterocycles. The Morgan fingerprint density at radius 3 is 1.56 bits per heavy atom. The van der Waals surface area contributed by atoms with Crippen LogP contribution in [0, 0.1) is 0 Å². The Hall–Kier alpha value is -2.50. The van der Waals surface area contributed by atoms with Gasteiger partial charge in [-0.1, -0.05) is 0 Å². The monoisotopic (exact) mass is 222 g/mol. The average Bonchev–Trinajstić information content (AvgIpc) is 2.85. The molecule has 0 amide bonds. The predicted molar refractivity (Wildman–Crippen MR) is 50.3 cm³/mol. The van der Waals surface area contributed by atoms with Gasteiger partial charge in [-0.15, -0.1) is 0 Å². The minimum atomic E-state index is -1.21. The minimum Gasteiger partial charge on any atom is -0.478 e. The highest BCUT2D eigenvalue weighted by atomic mass is 16.4. The normalized spacial score (nSPS) is 10.2. The minimum absolute atomic E-state index is 0.102. The number of carboxylic acids is 2. The Balaban J connectivity index is 2.59. The van der Waals surface area contributed by atoms with Crippen LogP contribution in [0.5, 0.6) is 0 Å². The second-order valence-corrected chi connectivity index (χ2v) is 2.94. The van der Waals surface area contributed by atoms with Crippen molar-refractivity contribution in [1.29, 1.82) is 0 Å². The second kappa shape index (κ2) is 3.58. The van der Waals surface area contributed by atoms with E-state index in [1.807, 2.05) is 0 Å². The summed E-state index contributed by atoms with van der Waals surface area (Å²) < 4.78 is 9.85. The van der Waals surface area contributed by atoms with E-state index in [-0.39, 0.29) is 22.6 Å². The van der Waals surface area contributed by atoms with E-state index in [9.17, 15) is 9.59 Å². The molecular weight excluding hydrogens is 216 g/mol. The topological polar surface area (TPSA) is 101 Å². The highest BCUT2D eigenvalue weighted by Crippen LogP contribution is 2.29. The first-order chi connectivity index (χ1) is 7.61. The molecule has 0 fully saturated rings. The molecule has 0 spiro atoms. The summed E-state index contributed by atoms with van der Waals surface area (Å²) in [6.07, 6.45) is 2.32. The molecule has 0 bridgehead atoms. The summed E-state index contributed by atoms with van der Waals surface area (Å²) in [5.74, 6) is -2.63. The number of furan rings is 2. The van der Waals surface area contributed by atoms with E-state index in [2.05, 4.69) is 0 Å². The van der Waals surface area contributed by atoms with Crippen molar-refractivity contribution in [3.8, 4) is 11.5 Å². The summed E-state index contributed by atoms with van der Waals surface area (Å²) in [4.78, 5) is 21.6. The second-order valence-electron chi connectivity index (χ2n) is 2.94. The van der Waals surface area contributed by atoms with Crippen molar-refractivity contribution >= 4 is 11.9 Å². The molecule has 2 aromatic rings. The van der Waals surface area contributed by atoms with Crippen molar-refractivity contribution < 1.29 is 28.6 Å². The fourth-order valence-corrected chi connectivity index (χ4v) is 1.31. The Morgan fingerprint density at radius 2 is 1.25 bits per heavy atom. The molecule has 6 nitrogen and oxygen atoms in total. The average molecular weight is 222 g/mol. The summed E-state index contributed by atoms with van der Waals surface area (Å²) in [6.45, 7) is 0. The Morgan fingerprint density at radius 1 is 0.875 bits per heavy atom. The predicted octanol–water partition coefficient (Wildman–Crippen LogP) is 1.94. The maximum Gasteiger partial charge on any atom is 0.339 e. The van der Waals surface area contributed by atoms with Gasteiger partial charge in [-0.25, -0.2) is 9.59 Å². The number of rotatable bonds is 3. The zero-order valence-electron chi connectivity index (χ0n) is 7.84. The summed E-state index contributed by atoms with van der Waals surface area (Å²) in [7, 11) is 0. The zero-order chi connectivity index (χ0) is 11.7. The van der Waals surface area contributed by atoms with Crippen molar-refractivity contribution in [3.63, 3.8) is 0 Å². The molecule has 2 aromatic heterocycles. The van der Waals surface area contributed by atoms with E-state index in [0.717, 1.165) is 12.5 Å². The summed E-state index contributed by atoms with van der Waals surface area (Å²) >= 11 is 0. The molecule has 0 unspecified atom stereocenters. The SMILES string of the molecule is O=C(O)c1ccoc1-c1occc1C(=O)O. The van der Waals surface area contributed by atoms with E-state index in [1.54, 1.807) is 0 Å². The van der Waals surface area contributed by atoms with Crippen LogP contribution in [0.15, 0.2) is 33.5 Å². The van der Waals surface area contributed by atoms with E-state index < -0.39 is 11.9 Å². The number of hydrogen-bond donors (Lipinski definition) is 2.